The smallest absolute Gasteiger partial charge is 0.0724 e. The Labute approximate surface area is 106 Å². The molecule has 1 aliphatic carbocycles. The van der Waals surface area contributed by atoms with Crippen molar-refractivity contribution in [2.75, 3.05) is 27.4 Å². The molecule has 0 saturated heterocycles. The zero-order valence-electron chi connectivity index (χ0n) is 11.9. The summed E-state index contributed by atoms with van der Waals surface area (Å²) >= 11 is 0. The van der Waals surface area contributed by atoms with Crippen LogP contribution in [0.25, 0.3) is 0 Å². The molecule has 0 bridgehead atoms. The molecular weight excluding hydrogens is 214 g/mol. The quantitative estimate of drug-likeness (QED) is 0.745. The molecule has 0 spiro atoms. The SMILES string of the molecule is COCCC(C)(C)CNC1CCCCC1OC. The van der Waals surface area contributed by atoms with Crippen LogP contribution in [0.1, 0.15) is 46.0 Å². The van der Waals surface area contributed by atoms with Gasteiger partial charge in [-0.15, -0.1) is 0 Å². The largest absolute Gasteiger partial charge is 0.385 e. The summed E-state index contributed by atoms with van der Waals surface area (Å²) in [6, 6.07) is 0.538. The van der Waals surface area contributed by atoms with E-state index in [9.17, 15) is 0 Å². The molecule has 0 heterocycles. The van der Waals surface area contributed by atoms with E-state index < -0.39 is 0 Å². The van der Waals surface area contributed by atoms with E-state index in [1.165, 1.54) is 25.7 Å². The van der Waals surface area contributed by atoms with Gasteiger partial charge in [0.1, 0.15) is 0 Å². The molecule has 1 rings (SSSR count). The van der Waals surface area contributed by atoms with Crippen LogP contribution in [-0.2, 0) is 9.47 Å². The van der Waals surface area contributed by atoms with Crippen molar-refractivity contribution in [2.24, 2.45) is 5.41 Å². The monoisotopic (exact) mass is 243 g/mol. The first-order chi connectivity index (χ1) is 8.09. The van der Waals surface area contributed by atoms with E-state index in [-0.39, 0.29) is 0 Å². The maximum atomic E-state index is 5.56. The lowest BCUT2D eigenvalue weighted by atomic mass is 9.87. The predicted molar refractivity (Wildman–Crippen MR) is 71.3 cm³/mol. The molecule has 0 aromatic carbocycles. The fourth-order valence-electron chi connectivity index (χ4n) is 2.49. The fourth-order valence-corrected chi connectivity index (χ4v) is 2.49. The van der Waals surface area contributed by atoms with E-state index in [2.05, 4.69) is 19.2 Å². The van der Waals surface area contributed by atoms with Crippen LogP contribution < -0.4 is 5.32 Å². The van der Waals surface area contributed by atoms with Crippen molar-refractivity contribution in [3.05, 3.63) is 0 Å². The number of hydrogen-bond acceptors (Lipinski definition) is 3. The molecule has 1 N–H and O–H groups in total. The first kappa shape index (κ1) is 14.9. The molecule has 0 radical (unpaired) electrons. The Kier molecular flexibility index (Phi) is 6.45. The van der Waals surface area contributed by atoms with Gasteiger partial charge in [-0.3, -0.25) is 0 Å². The van der Waals surface area contributed by atoms with Crippen LogP contribution >= 0.6 is 0 Å². The first-order valence-electron chi connectivity index (χ1n) is 6.84. The summed E-state index contributed by atoms with van der Waals surface area (Å²) in [7, 11) is 3.60. The second-order valence-electron chi connectivity index (χ2n) is 5.95. The van der Waals surface area contributed by atoms with Crippen LogP contribution in [0.5, 0.6) is 0 Å². The molecule has 1 saturated carbocycles. The molecule has 3 heteroatoms. The second kappa shape index (κ2) is 7.34. The van der Waals surface area contributed by atoms with Gasteiger partial charge in [0.25, 0.3) is 0 Å². The minimum atomic E-state index is 0.297. The van der Waals surface area contributed by atoms with Gasteiger partial charge in [-0.1, -0.05) is 26.7 Å². The van der Waals surface area contributed by atoms with E-state index in [0.717, 1.165) is 19.6 Å². The van der Waals surface area contributed by atoms with Gasteiger partial charge >= 0.3 is 0 Å². The standard InChI is InChI=1S/C14H29NO2/c1-14(2,9-10-16-3)11-15-12-7-5-6-8-13(12)17-4/h12-13,15H,5-11H2,1-4H3. The minimum Gasteiger partial charge on any atom is -0.385 e. The molecule has 0 aromatic rings. The van der Waals surface area contributed by atoms with E-state index >= 15 is 0 Å². The van der Waals surface area contributed by atoms with Crippen molar-refractivity contribution in [1.29, 1.82) is 0 Å². The average Bonchev–Trinajstić information content (AvgIpc) is 2.34. The van der Waals surface area contributed by atoms with Gasteiger partial charge in [0, 0.05) is 33.4 Å². The summed E-state index contributed by atoms with van der Waals surface area (Å²) in [6.07, 6.45) is 6.59. The highest BCUT2D eigenvalue weighted by Crippen LogP contribution is 2.23. The number of methoxy groups -OCH3 is 2. The van der Waals surface area contributed by atoms with Gasteiger partial charge in [-0.2, -0.15) is 0 Å². The van der Waals surface area contributed by atoms with Crippen molar-refractivity contribution in [1.82, 2.24) is 5.32 Å². The average molecular weight is 243 g/mol. The van der Waals surface area contributed by atoms with E-state index in [4.69, 9.17) is 9.47 Å². The third kappa shape index (κ3) is 5.36. The predicted octanol–water partition coefficient (Wildman–Crippen LogP) is 2.60. The lowest BCUT2D eigenvalue weighted by molar-refractivity contribution is 0.0371. The van der Waals surface area contributed by atoms with Gasteiger partial charge in [0.15, 0.2) is 0 Å². The van der Waals surface area contributed by atoms with Crippen LogP contribution in [0.15, 0.2) is 0 Å². The lowest BCUT2D eigenvalue weighted by Gasteiger charge is -2.34. The number of nitrogens with one attached hydrogen (secondary N) is 1. The Morgan fingerprint density at radius 3 is 2.53 bits per heavy atom. The first-order valence-corrected chi connectivity index (χ1v) is 6.84. The van der Waals surface area contributed by atoms with Gasteiger partial charge < -0.3 is 14.8 Å². The normalized spacial score (nSPS) is 26.1. The molecule has 17 heavy (non-hydrogen) atoms. The molecular formula is C14H29NO2. The molecule has 2 atom stereocenters. The molecule has 1 aliphatic rings. The highest BCUT2D eigenvalue weighted by molar-refractivity contribution is 4.84. The molecule has 102 valence electrons. The maximum Gasteiger partial charge on any atom is 0.0724 e. The van der Waals surface area contributed by atoms with Crippen LogP contribution in [0.2, 0.25) is 0 Å². The Balaban J connectivity index is 2.32. The van der Waals surface area contributed by atoms with Gasteiger partial charge in [-0.25, -0.2) is 0 Å². The highest BCUT2D eigenvalue weighted by atomic mass is 16.5. The van der Waals surface area contributed by atoms with E-state index in [1.807, 2.05) is 7.11 Å². The summed E-state index contributed by atoms with van der Waals surface area (Å²) in [5.41, 5.74) is 0.297. The second-order valence-corrected chi connectivity index (χ2v) is 5.95. The highest BCUT2D eigenvalue weighted by Gasteiger charge is 2.26. The van der Waals surface area contributed by atoms with Crippen LogP contribution in [0.3, 0.4) is 0 Å². The van der Waals surface area contributed by atoms with Gasteiger partial charge in [0.05, 0.1) is 6.10 Å². The van der Waals surface area contributed by atoms with Crippen molar-refractivity contribution in [3.63, 3.8) is 0 Å². The number of rotatable bonds is 7. The molecule has 0 amide bonds. The maximum absolute atomic E-state index is 5.56. The molecule has 0 aliphatic heterocycles. The number of ether oxygens (including phenoxy) is 2. The summed E-state index contributed by atoms with van der Waals surface area (Å²) < 4.78 is 10.7. The van der Waals surface area contributed by atoms with E-state index in [0.29, 0.717) is 17.6 Å². The van der Waals surface area contributed by atoms with Crippen LogP contribution in [-0.4, -0.2) is 39.5 Å². The summed E-state index contributed by atoms with van der Waals surface area (Å²) in [5.74, 6) is 0. The summed E-state index contributed by atoms with van der Waals surface area (Å²) in [6.45, 7) is 6.47. The van der Waals surface area contributed by atoms with Gasteiger partial charge in [-0.05, 0) is 24.7 Å². The summed E-state index contributed by atoms with van der Waals surface area (Å²) in [4.78, 5) is 0. The van der Waals surface area contributed by atoms with Crippen molar-refractivity contribution in [2.45, 2.75) is 58.1 Å². The third-order valence-corrected chi connectivity index (χ3v) is 3.83. The van der Waals surface area contributed by atoms with Crippen molar-refractivity contribution < 1.29 is 9.47 Å². The third-order valence-electron chi connectivity index (χ3n) is 3.83. The Hall–Kier alpha value is -0.120. The molecule has 1 fully saturated rings. The van der Waals surface area contributed by atoms with Crippen molar-refractivity contribution >= 4 is 0 Å². The Morgan fingerprint density at radius 2 is 1.88 bits per heavy atom. The van der Waals surface area contributed by atoms with Crippen LogP contribution in [0, 0.1) is 5.41 Å². The molecule has 0 aromatic heterocycles. The number of hydrogen-bond donors (Lipinski definition) is 1. The zero-order chi connectivity index (χ0) is 12.7. The van der Waals surface area contributed by atoms with Crippen LogP contribution in [0.4, 0.5) is 0 Å². The minimum absolute atomic E-state index is 0.297. The Bertz CT molecular complexity index is 206. The topological polar surface area (TPSA) is 30.5 Å². The fraction of sp³-hybridized carbons (Fsp3) is 1.00. The zero-order valence-corrected chi connectivity index (χ0v) is 11.9. The lowest BCUT2D eigenvalue weighted by Crippen LogP contribution is -2.46. The molecule has 3 nitrogen and oxygen atoms in total. The summed E-state index contributed by atoms with van der Waals surface area (Å²) in [5, 5.41) is 3.69. The van der Waals surface area contributed by atoms with E-state index in [1.54, 1.807) is 7.11 Å². The van der Waals surface area contributed by atoms with Gasteiger partial charge in [0.2, 0.25) is 0 Å². The Morgan fingerprint density at radius 1 is 1.18 bits per heavy atom. The van der Waals surface area contributed by atoms with Crippen molar-refractivity contribution in [3.8, 4) is 0 Å². The molecule has 2 unspecified atom stereocenters.